The molecule has 84 valence electrons. The highest BCUT2D eigenvalue weighted by molar-refractivity contribution is 6.32. The van der Waals surface area contributed by atoms with Crippen LogP contribution in [0.2, 0.25) is 5.02 Å². The van der Waals surface area contributed by atoms with Crippen LogP contribution in [0, 0.1) is 0 Å². The summed E-state index contributed by atoms with van der Waals surface area (Å²) >= 11 is 11.8. The molecular weight excluding hydrogens is 235 g/mol. The summed E-state index contributed by atoms with van der Waals surface area (Å²) in [6, 6.07) is 5.49. The number of methoxy groups -OCH3 is 1. The number of hydrogen-bond donors (Lipinski definition) is 0. The Balaban J connectivity index is 2.72. The maximum Gasteiger partial charge on any atom is 0.125 e. The van der Waals surface area contributed by atoms with Crippen LogP contribution in [0.1, 0.15) is 12.5 Å². The lowest BCUT2D eigenvalue weighted by Gasteiger charge is -2.14. The number of rotatable bonds is 5. The topological polar surface area (TPSA) is 18.5 Å². The van der Waals surface area contributed by atoms with Crippen molar-refractivity contribution in [2.75, 3.05) is 13.7 Å². The summed E-state index contributed by atoms with van der Waals surface area (Å²) in [4.78, 5) is 0. The normalized spacial score (nSPS) is 12.5. The number of ether oxygens (including phenoxy) is 2. The quantitative estimate of drug-likeness (QED) is 0.743. The van der Waals surface area contributed by atoms with Crippen molar-refractivity contribution in [3.05, 3.63) is 28.8 Å². The zero-order valence-corrected chi connectivity index (χ0v) is 10.3. The van der Waals surface area contributed by atoms with Crippen LogP contribution >= 0.6 is 23.2 Å². The van der Waals surface area contributed by atoms with Crippen LogP contribution in [0.25, 0.3) is 0 Å². The maximum atomic E-state index is 5.98. The minimum atomic E-state index is 0.0483. The Kier molecular flexibility index (Phi) is 5.23. The van der Waals surface area contributed by atoms with Gasteiger partial charge in [0, 0.05) is 17.7 Å². The SMILES string of the molecule is COC(C)COc1cccc(Cl)c1CCl. The van der Waals surface area contributed by atoms with Crippen molar-refractivity contribution in [2.24, 2.45) is 0 Å². The van der Waals surface area contributed by atoms with Gasteiger partial charge < -0.3 is 9.47 Å². The summed E-state index contributed by atoms with van der Waals surface area (Å²) in [5, 5.41) is 0.632. The molecule has 0 saturated carbocycles. The van der Waals surface area contributed by atoms with E-state index < -0.39 is 0 Å². The molecular formula is C11H14Cl2O2. The molecule has 0 spiro atoms. The Hall–Kier alpha value is -0.440. The summed E-state index contributed by atoms with van der Waals surface area (Å²) in [5.74, 6) is 1.07. The summed E-state index contributed by atoms with van der Waals surface area (Å²) < 4.78 is 10.7. The number of benzene rings is 1. The molecule has 0 heterocycles. The molecule has 0 aliphatic heterocycles. The van der Waals surface area contributed by atoms with Crippen LogP contribution < -0.4 is 4.74 Å². The molecule has 0 amide bonds. The van der Waals surface area contributed by atoms with E-state index in [2.05, 4.69) is 0 Å². The highest BCUT2D eigenvalue weighted by Gasteiger charge is 2.08. The molecule has 4 heteroatoms. The second-order valence-electron chi connectivity index (χ2n) is 3.21. The van der Waals surface area contributed by atoms with Gasteiger partial charge in [-0.3, -0.25) is 0 Å². The molecule has 0 aromatic heterocycles. The molecule has 1 aromatic carbocycles. The smallest absolute Gasteiger partial charge is 0.125 e. The van der Waals surface area contributed by atoms with Gasteiger partial charge in [0.05, 0.1) is 12.0 Å². The Morgan fingerprint density at radius 1 is 1.40 bits per heavy atom. The highest BCUT2D eigenvalue weighted by Crippen LogP contribution is 2.28. The summed E-state index contributed by atoms with van der Waals surface area (Å²) in [6.45, 7) is 2.42. The lowest BCUT2D eigenvalue weighted by molar-refractivity contribution is 0.0714. The van der Waals surface area contributed by atoms with Crippen molar-refractivity contribution in [1.82, 2.24) is 0 Å². The van der Waals surface area contributed by atoms with E-state index in [0.717, 1.165) is 11.3 Å². The minimum absolute atomic E-state index is 0.0483. The van der Waals surface area contributed by atoms with Gasteiger partial charge >= 0.3 is 0 Å². The monoisotopic (exact) mass is 248 g/mol. The van der Waals surface area contributed by atoms with E-state index in [-0.39, 0.29) is 6.10 Å². The van der Waals surface area contributed by atoms with Crippen molar-refractivity contribution in [1.29, 1.82) is 0 Å². The molecule has 2 nitrogen and oxygen atoms in total. The zero-order chi connectivity index (χ0) is 11.3. The molecule has 15 heavy (non-hydrogen) atoms. The third kappa shape index (κ3) is 3.56. The Morgan fingerprint density at radius 2 is 2.13 bits per heavy atom. The van der Waals surface area contributed by atoms with E-state index >= 15 is 0 Å². The lowest BCUT2D eigenvalue weighted by atomic mass is 10.2. The number of halogens is 2. The van der Waals surface area contributed by atoms with E-state index in [1.54, 1.807) is 13.2 Å². The molecule has 0 N–H and O–H groups in total. The van der Waals surface area contributed by atoms with Crippen molar-refractivity contribution >= 4 is 23.2 Å². The summed E-state index contributed by atoms with van der Waals surface area (Å²) in [7, 11) is 1.65. The molecule has 0 fully saturated rings. The van der Waals surface area contributed by atoms with Gasteiger partial charge in [-0.2, -0.15) is 0 Å². The molecule has 1 unspecified atom stereocenters. The van der Waals surface area contributed by atoms with Gasteiger partial charge in [0.15, 0.2) is 0 Å². The molecule has 0 radical (unpaired) electrons. The number of hydrogen-bond acceptors (Lipinski definition) is 2. The van der Waals surface area contributed by atoms with Crippen LogP contribution in [-0.2, 0) is 10.6 Å². The predicted molar refractivity (Wildman–Crippen MR) is 63.0 cm³/mol. The molecule has 0 bridgehead atoms. The van der Waals surface area contributed by atoms with E-state index in [9.17, 15) is 0 Å². The zero-order valence-electron chi connectivity index (χ0n) is 8.80. The van der Waals surface area contributed by atoms with E-state index in [1.807, 2.05) is 19.1 Å². The van der Waals surface area contributed by atoms with Gasteiger partial charge in [0.25, 0.3) is 0 Å². The largest absolute Gasteiger partial charge is 0.491 e. The fraction of sp³-hybridized carbons (Fsp3) is 0.455. The van der Waals surface area contributed by atoms with Gasteiger partial charge in [-0.25, -0.2) is 0 Å². The van der Waals surface area contributed by atoms with Crippen LogP contribution in [0.5, 0.6) is 5.75 Å². The second-order valence-corrected chi connectivity index (χ2v) is 3.88. The van der Waals surface area contributed by atoms with Gasteiger partial charge in [0.2, 0.25) is 0 Å². The molecule has 1 atom stereocenters. The van der Waals surface area contributed by atoms with Gasteiger partial charge in [-0.15, -0.1) is 11.6 Å². The minimum Gasteiger partial charge on any atom is -0.491 e. The summed E-state index contributed by atoms with van der Waals surface area (Å²) in [5.41, 5.74) is 0.823. The van der Waals surface area contributed by atoms with Crippen LogP contribution in [0.3, 0.4) is 0 Å². The third-order valence-corrected chi connectivity index (χ3v) is 2.71. The lowest BCUT2D eigenvalue weighted by Crippen LogP contribution is -2.16. The predicted octanol–water partition coefficient (Wildman–Crippen LogP) is 3.49. The third-order valence-electron chi connectivity index (χ3n) is 2.09. The fourth-order valence-corrected chi connectivity index (χ4v) is 1.66. The van der Waals surface area contributed by atoms with E-state index in [1.165, 1.54) is 0 Å². The molecule has 1 aromatic rings. The second kappa shape index (κ2) is 6.21. The van der Waals surface area contributed by atoms with Crippen LogP contribution in [-0.4, -0.2) is 19.8 Å². The van der Waals surface area contributed by atoms with Crippen LogP contribution in [0.15, 0.2) is 18.2 Å². The Labute approximate surface area is 100 Å². The average Bonchev–Trinajstić information content (AvgIpc) is 2.25. The van der Waals surface area contributed by atoms with Crippen molar-refractivity contribution in [3.63, 3.8) is 0 Å². The van der Waals surface area contributed by atoms with Crippen molar-refractivity contribution in [2.45, 2.75) is 18.9 Å². The first-order valence-electron chi connectivity index (χ1n) is 4.68. The summed E-state index contributed by atoms with van der Waals surface area (Å²) in [6.07, 6.45) is 0.0483. The van der Waals surface area contributed by atoms with Crippen molar-refractivity contribution < 1.29 is 9.47 Å². The molecule has 0 aliphatic rings. The standard InChI is InChI=1S/C11H14Cl2O2/c1-8(14-2)7-15-11-5-3-4-10(13)9(11)6-12/h3-5,8H,6-7H2,1-2H3. The average molecular weight is 249 g/mol. The van der Waals surface area contributed by atoms with Crippen molar-refractivity contribution in [3.8, 4) is 5.75 Å². The first-order chi connectivity index (χ1) is 7.19. The van der Waals surface area contributed by atoms with Gasteiger partial charge in [0.1, 0.15) is 12.4 Å². The fourth-order valence-electron chi connectivity index (χ4n) is 1.08. The molecule has 0 saturated heterocycles. The first-order valence-corrected chi connectivity index (χ1v) is 5.59. The first kappa shape index (κ1) is 12.6. The Morgan fingerprint density at radius 3 is 2.73 bits per heavy atom. The number of alkyl halides is 1. The van der Waals surface area contributed by atoms with Gasteiger partial charge in [-0.1, -0.05) is 17.7 Å². The molecule has 1 rings (SSSR count). The Bertz CT molecular complexity index is 315. The molecule has 0 aliphatic carbocycles. The maximum absolute atomic E-state index is 5.98. The van der Waals surface area contributed by atoms with Gasteiger partial charge in [-0.05, 0) is 19.1 Å². The highest BCUT2D eigenvalue weighted by atomic mass is 35.5. The van der Waals surface area contributed by atoms with E-state index in [0.29, 0.717) is 17.5 Å². The van der Waals surface area contributed by atoms with Crippen LogP contribution in [0.4, 0.5) is 0 Å². The van der Waals surface area contributed by atoms with E-state index in [4.69, 9.17) is 32.7 Å².